The highest BCUT2D eigenvalue weighted by molar-refractivity contribution is 4.88. The first kappa shape index (κ1) is 15.3. The highest BCUT2D eigenvalue weighted by Crippen LogP contribution is 2.21. The van der Waals surface area contributed by atoms with Crippen molar-refractivity contribution in [3.8, 4) is 0 Å². The van der Waals surface area contributed by atoms with Gasteiger partial charge >= 0.3 is 0 Å². The van der Waals surface area contributed by atoms with Crippen LogP contribution in [-0.2, 0) is 0 Å². The van der Waals surface area contributed by atoms with Gasteiger partial charge in [0, 0.05) is 31.7 Å². The fraction of sp³-hybridized carbons (Fsp3) is 1.00. The van der Waals surface area contributed by atoms with Crippen molar-refractivity contribution in [2.75, 3.05) is 39.3 Å². The molecule has 0 aliphatic carbocycles. The summed E-state index contributed by atoms with van der Waals surface area (Å²) in [5.74, 6) is 0. The van der Waals surface area contributed by atoms with Gasteiger partial charge in [-0.15, -0.1) is 0 Å². The third-order valence-electron chi connectivity index (χ3n) is 4.87. The molecule has 2 aliphatic rings. The van der Waals surface area contributed by atoms with Crippen molar-refractivity contribution in [1.82, 2.24) is 15.1 Å². The van der Waals surface area contributed by atoms with Crippen molar-refractivity contribution >= 4 is 0 Å². The Balaban J connectivity index is 1.59. The average Bonchev–Trinajstić information content (AvgIpc) is 3.08. The van der Waals surface area contributed by atoms with Crippen LogP contribution in [-0.4, -0.2) is 61.2 Å². The molecule has 3 nitrogen and oxygen atoms in total. The fourth-order valence-electron chi connectivity index (χ4n) is 3.51. The Hall–Kier alpha value is -0.120. The standard InChI is InChI=1S/C16H33N3/c1-3-4-5-9-17-13-15(2)19-12-8-16(14-19)18-10-6-7-11-18/h15-17H,3-14H2,1-2H3. The Morgan fingerprint density at radius 1 is 1.16 bits per heavy atom. The van der Waals surface area contributed by atoms with Crippen LogP contribution in [0, 0.1) is 0 Å². The molecule has 3 heteroatoms. The number of hydrogen-bond acceptors (Lipinski definition) is 3. The first-order valence-electron chi connectivity index (χ1n) is 8.50. The van der Waals surface area contributed by atoms with Crippen LogP contribution < -0.4 is 5.32 Å². The van der Waals surface area contributed by atoms with Crippen molar-refractivity contribution < 1.29 is 0 Å². The predicted molar refractivity (Wildman–Crippen MR) is 82.6 cm³/mol. The smallest absolute Gasteiger partial charge is 0.0235 e. The number of nitrogens with zero attached hydrogens (tertiary/aromatic N) is 2. The van der Waals surface area contributed by atoms with Gasteiger partial charge in [0.25, 0.3) is 0 Å². The van der Waals surface area contributed by atoms with E-state index in [9.17, 15) is 0 Å². The van der Waals surface area contributed by atoms with E-state index in [1.54, 1.807) is 0 Å². The minimum atomic E-state index is 0.703. The zero-order valence-corrected chi connectivity index (χ0v) is 13.0. The molecule has 1 N–H and O–H groups in total. The summed E-state index contributed by atoms with van der Waals surface area (Å²) in [5, 5.41) is 3.63. The summed E-state index contributed by atoms with van der Waals surface area (Å²) in [7, 11) is 0. The second kappa shape index (κ2) is 8.23. The van der Waals surface area contributed by atoms with Gasteiger partial charge in [0.05, 0.1) is 0 Å². The van der Waals surface area contributed by atoms with E-state index < -0.39 is 0 Å². The third kappa shape index (κ3) is 4.73. The normalized spacial score (nSPS) is 27.2. The van der Waals surface area contributed by atoms with Crippen LogP contribution in [0.1, 0.15) is 52.4 Å². The maximum Gasteiger partial charge on any atom is 0.0235 e. The summed E-state index contributed by atoms with van der Waals surface area (Å²) in [4.78, 5) is 5.41. The Bertz CT molecular complexity index is 238. The van der Waals surface area contributed by atoms with Gasteiger partial charge in [-0.3, -0.25) is 9.80 Å². The lowest BCUT2D eigenvalue weighted by Gasteiger charge is -2.27. The summed E-state index contributed by atoms with van der Waals surface area (Å²) in [6, 6.07) is 1.55. The molecule has 0 saturated carbocycles. The SMILES string of the molecule is CCCCCNCC(C)N1CCC(N2CCCC2)C1. The van der Waals surface area contributed by atoms with Crippen molar-refractivity contribution in [2.24, 2.45) is 0 Å². The van der Waals surface area contributed by atoms with Gasteiger partial charge in [0.2, 0.25) is 0 Å². The van der Waals surface area contributed by atoms with Crippen molar-refractivity contribution in [3.63, 3.8) is 0 Å². The van der Waals surface area contributed by atoms with Crippen molar-refractivity contribution in [2.45, 2.75) is 64.5 Å². The van der Waals surface area contributed by atoms with Gasteiger partial charge in [0.15, 0.2) is 0 Å². The lowest BCUT2D eigenvalue weighted by atomic mass is 10.2. The van der Waals surface area contributed by atoms with Crippen LogP contribution in [0.2, 0.25) is 0 Å². The molecular formula is C16H33N3. The lowest BCUT2D eigenvalue weighted by Crippen LogP contribution is -2.42. The van der Waals surface area contributed by atoms with Gasteiger partial charge in [-0.2, -0.15) is 0 Å². The second-order valence-corrected chi connectivity index (χ2v) is 6.44. The molecule has 0 aromatic carbocycles. The molecule has 0 spiro atoms. The molecule has 2 unspecified atom stereocenters. The highest BCUT2D eigenvalue weighted by Gasteiger charge is 2.30. The van der Waals surface area contributed by atoms with E-state index in [2.05, 4.69) is 29.0 Å². The van der Waals surface area contributed by atoms with E-state index >= 15 is 0 Å². The lowest BCUT2D eigenvalue weighted by molar-refractivity contribution is 0.204. The van der Waals surface area contributed by atoms with Crippen LogP contribution in [0.15, 0.2) is 0 Å². The number of hydrogen-bond donors (Lipinski definition) is 1. The van der Waals surface area contributed by atoms with E-state index in [-0.39, 0.29) is 0 Å². The van der Waals surface area contributed by atoms with Gasteiger partial charge in [-0.25, -0.2) is 0 Å². The maximum atomic E-state index is 3.63. The Morgan fingerprint density at radius 3 is 2.68 bits per heavy atom. The van der Waals surface area contributed by atoms with Gasteiger partial charge in [-0.1, -0.05) is 19.8 Å². The molecule has 2 saturated heterocycles. The van der Waals surface area contributed by atoms with Crippen molar-refractivity contribution in [1.29, 1.82) is 0 Å². The molecule has 0 bridgehead atoms. The minimum absolute atomic E-state index is 0.703. The van der Waals surface area contributed by atoms with Crippen LogP contribution in [0.4, 0.5) is 0 Å². The maximum absolute atomic E-state index is 3.63. The zero-order valence-electron chi connectivity index (χ0n) is 13.0. The number of nitrogens with one attached hydrogen (secondary N) is 1. The Morgan fingerprint density at radius 2 is 1.95 bits per heavy atom. The monoisotopic (exact) mass is 267 g/mol. The third-order valence-corrected chi connectivity index (χ3v) is 4.87. The molecule has 19 heavy (non-hydrogen) atoms. The molecule has 0 radical (unpaired) electrons. The Labute approximate surface area is 119 Å². The summed E-state index contributed by atoms with van der Waals surface area (Å²) in [6.45, 7) is 12.3. The largest absolute Gasteiger partial charge is 0.315 e. The average molecular weight is 267 g/mol. The summed E-state index contributed by atoms with van der Waals surface area (Å²) >= 11 is 0. The Kier molecular flexibility index (Phi) is 6.62. The molecule has 2 rings (SSSR count). The fourth-order valence-corrected chi connectivity index (χ4v) is 3.51. The van der Waals surface area contributed by atoms with E-state index in [0.717, 1.165) is 12.6 Å². The molecule has 0 amide bonds. The van der Waals surface area contributed by atoms with Gasteiger partial charge < -0.3 is 5.32 Å². The highest BCUT2D eigenvalue weighted by atomic mass is 15.3. The minimum Gasteiger partial charge on any atom is -0.315 e. The first-order valence-corrected chi connectivity index (χ1v) is 8.50. The van der Waals surface area contributed by atoms with Gasteiger partial charge in [-0.05, 0) is 52.2 Å². The number of likely N-dealkylation sites (tertiary alicyclic amines) is 2. The van der Waals surface area contributed by atoms with E-state index in [1.165, 1.54) is 71.2 Å². The molecule has 112 valence electrons. The topological polar surface area (TPSA) is 18.5 Å². The molecule has 2 aliphatic heterocycles. The van der Waals surface area contributed by atoms with Crippen LogP contribution in [0.3, 0.4) is 0 Å². The quantitative estimate of drug-likeness (QED) is 0.681. The van der Waals surface area contributed by atoms with Crippen LogP contribution in [0.25, 0.3) is 0 Å². The molecule has 2 atom stereocenters. The van der Waals surface area contributed by atoms with Gasteiger partial charge in [0.1, 0.15) is 0 Å². The number of rotatable bonds is 8. The molecular weight excluding hydrogens is 234 g/mol. The summed E-state index contributed by atoms with van der Waals surface area (Å²) in [6.07, 6.45) is 8.25. The first-order chi connectivity index (χ1) is 9.31. The van der Waals surface area contributed by atoms with Crippen LogP contribution in [0.5, 0.6) is 0 Å². The summed E-state index contributed by atoms with van der Waals surface area (Å²) in [5.41, 5.74) is 0. The van der Waals surface area contributed by atoms with Crippen molar-refractivity contribution in [3.05, 3.63) is 0 Å². The number of unbranched alkanes of at least 4 members (excludes halogenated alkanes) is 2. The van der Waals surface area contributed by atoms with E-state index in [0.29, 0.717) is 6.04 Å². The molecule has 2 heterocycles. The van der Waals surface area contributed by atoms with Crippen LogP contribution >= 0.6 is 0 Å². The molecule has 2 fully saturated rings. The zero-order chi connectivity index (χ0) is 13.5. The summed E-state index contributed by atoms with van der Waals surface area (Å²) < 4.78 is 0. The molecule has 0 aromatic heterocycles. The molecule has 0 aromatic rings. The van der Waals surface area contributed by atoms with E-state index in [4.69, 9.17) is 0 Å². The second-order valence-electron chi connectivity index (χ2n) is 6.44. The van der Waals surface area contributed by atoms with E-state index in [1.807, 2.05) is 0 Å². The predicted octanol–water partition coefficient (Wildman–Crippen LogP) is 2.32.